The lowest BCUT2D eigenvalue weighted by molar-refractivity contribution is 0.0895. The second-order valence-electron chi connectivity index (χ2n) is 6.83. The van der Waals surface area contributed by atoms with Crippen molar-refractivity contribution in [3.63, 3.8) is 0 Å². The fourth-order valence-corrected chi connectivity index (χ4v) is 2.92. The van der Waals surface area contributed by atoms with Crippen molar-refractivity contribution in [2.24, 2.45) is 0 Å². The molecule has 4 rings (SSSR count). The van der Waals surface area contributed by atoms with Gasteiger partial charge in [0.2, 0.25) is 17.5 Å². The molecule has 1 N–H and O–H groups in total. The molecule has 0 bridgehead atoms. The van der Waals surface area contributed by atoms with Gasteiger partial charge in [-0.25, -0.2) is 0 Å². The number of aryl methyl sites for hydroxylation is 1. The highest BCUT2D eigenvalue weighted by Gasteiger charge is 2.21. The monoisotopic (exact) mass is 404 g/mol. The van der Waals surface area contributed by atoms with E-state index in [1.165, 1.54) is 0 Å². The highest BCUT2D eigenvalue weighted by molar-refractivity contribution is 5.92. The number of ether oxygens (including phenoxy) is 1. The van der Waals surface area contributed by atoms with Crippen molar-refractivity contribution in [1.29, 1.82) is 0 Å². The van der Waals surface area contributed by atoms with E-state index in [1.54, 1.807) is 20.1 Å². The first kappa shape index (κ1) is 19.4. The van der Waals surface area contributed by atoms with Crippen molar-refractivity contribution in [3.8, 4) is 28.4 Å². The van der Waals surface area contributed by atoms with Gasteiger partial charge in [-0.05, 0) is 44.2 Å². The summed E-state index contributed by atoms with van der Waals surface area (Å²) in [4.78, 5) is 16.9. The minimum absolute atomic E-state index is 0.0890. The molecule has 0 aliphatic rings. The Morgan fingerprint density at radius 2 is 1.83 bits per heavy atom. The number of benzene rings is 2. The van der Waals surface area contributed by atoms with E-state index in [0.717, 1.165) is 22.4 Å². The summed E-state index contributed by atoms with van der Waals surface area (Å²) < 4.78 is 15.7. The largest absolute Gasteiger partial charge is 0.497 e. The summed E-state index contributed by atoms with van der Waals surface area (Å²) in [7, 11) is 1.60. The molecule has 0 spiro atoms. The van der Waals surface area contributed by atoms with Crippen molar-refractivity contribution in [1.82, 2.24) is 20.6 Å². The Hall–Kier alpha value is -3.94. The minimum Gasteiger partial charge on any atom is -0.497 e. The van der Waals surface area contributed by atoms with Gasteiger partial charge in [-0.3, -0.25) is 4.79 Å². The number of methoxy groups -OCH3 is 1. The van der Waals surface area contributed by atoms with Crippen molar-refractivity contribution < 1.29 is 18.6 Å². The maximum Gasteiger partial charge on any atom is 0.290 e. The molecule has 2 aromatic heterocycles. The van der Waals surface area contributed by atoms with E-state index in [1.807, 2.05) is 55.5 Å². The smallest absolute Gasteiger partial charge is 0.290 e. The van der Waals surface area contributed by atoms with Crippen molar-refractivity contribution in [3.05, 3.63) is 71.8 Å². The summed E-state index contributed by atoms with van der Waals surface area (Å²) in [6.45, 7) is 3.75. The molecule has 8 heteroatoms. The first-order valence-electron chi connectivity index (χ1n) is 9.36. The van der Waals surface area contributed by atoms with Crippen LogP contribution in [0.5, 0.6) is 5.75 Å². The second kappa shape index (κ2) is 8.20. The van der Waals surface area contributed by atoms with Crippen LogP contribution >= 0.6 is 0 Å². The molecule has 30 heavy (non-hydrogen) atoms. The topological polar surface area (TPSA) is 103 Å². The zero-order valence-electron chi connectivity index (χ0n) is 16.7. The van der Waals surface area contributed by atoms with Crippen LogP contribution < -0.4 is 10.1 Å². The van der Waals surface area contributed by atoms with Gasteiger partial charge in [0.25, 0.3) is 5.91 Å². The molecule has 0 aliphatic carbocycles. The van der Waals surface area contributed by atoms with Gasteiger partial charge < -0.3 is 19.1 Å². The van der Waals surface area contributed by atoms with Gasteiger partial charge in [-0.15, -0.1) is 0 Å². The van der Waals surface area contributed by atoms with Gasteiger partial charge in [0.15, 0.2) is 0 Å². The summed E-state index contributed by atoms with van der Waals surface area (Å²) >= 11 is 0. The highest BCUT2D eigenvalue weighted by Crippen LogP contribution is 2.23. The van der Waals surface area contributed by atoms with Crippen LogP contribution in [0.25, 0.3) is 22.6 Å². The molecule has 8 nitrogen and oxygen atoms in total. The number of amides is 1. The maximum absolute atomic E-state index is 12.5. The van der Waals surface area contributed by atoms with Crippen LogP contribution in [-0.2, 0) is 0 Å². The molecule has 2 aromatic carbocycles. The molecule has 152 valence electrons. The zero-order valence-corrected chi connectivity index (χ0v) is 16.7. The zero-order chi connectivity index (χ0) is 21.1. The average Bonchev–Trinajstić information content (AvgIpc) is 3.44. The first-order valence-corrected chi connectivity index (χ1v) is 9.36. The Kier molecular flexibility index (Phi) is 5.30. The van der Waals surface area contributed by atoms with Crippen LogP contribution in [0, 0.1) is 6.92 Å². The Balaban J connectivity index is 1.44. The lowest BCUT2D eigenvalue weighted by Gasteiger charge is -2.07. The number of nitrogens with zero attached hydrogens (tertiary/aromatic N) is 3. The van der Waals surface area contributed by atoms with Crippen LogP contribution in [0.1, 0.15) is 35.0 Å². The summed E-state index contributed by atoms with van der Waals surface area (Å²) in [6.07, 6.45) is 0. The number of carbonyl (C=O) groups excluding carboxylic acids is 1. The van der Waals surface area contributed by atoms with Crippen LogP contribution in [0.2, 0.25) is 0 Å². The molecule has 4 aromatic rings. The Morgan fingerprint density at radius 3 is 2.57 bits per heavy atom. The predicted molar refractivity (Wildman–Crippen MR) is 109 cm³/mol. The van der Waals surface area contributed by atoms with Gasteiger partial charge >= 0.3 is 0 Å². The number of hydrogen-bond acceptors (Lipinski definition) is 7. The van der Waals surface area contributed by atoms with Crippen molar-refractivity contribution in [2.45, 2.75) is 19.9 Å². The molecule has 0 saturated heterocycles. The summed E-state index contributed by atoms with van der Waals surface area (Å²) in [6, 6.07) is 16.2. The molecule has 1 amide bonds. The Labute approximate surface area is 172 Å². The number of aromatic nitrogens is 3. The molecule has 0 radical (unpaired) electrons. The fourth-order valence-electron chi connectivity index (χ4n) is 2.92. The third-order valence-corrected chi connectivity index (χ3v) is 4.56. The molecule has 2 heterocycles. The molecule has 0 saturated carbocycles. The summed E-state index contributed by atoms with van der Waals surface area (Å²) in [5.74, 6) is 1.17. The van der Waals surface area contributed by atoms with E-state index < -0.39 is 11.9 Å². The van der Waals surface area contributed by atoms with Crippen LogP contribution in [0.3, 0.4) is 0 Å². The van der Waals surface area contributed by atoms with Crippen molar-refractivity contribution in [2.75, 3.05) is 7.11 Å². The van der Waals surface area contributed by atoms with E-state index in [9.17, 15) is 4.79 Å². The van der Waals surface area contributed by atoms with E-state index in [2.05, 4.69) is 20.6 Å². The van der Waals surface area contributed by atoms with Crippen LogP contribution in [0.15, 0.2) is 63.6 Å². The van der Waals surface area contributed by atoms with E-state index >= 15 is 0 Å². The van der Waals surface area contributed by atoms with E-state index in [0.29, 0.717) is 17.4 Å². The van der Waals surface area contributed by atoms with Gasteiger partial charge in [0.1, 0.15) is 17.5 Å². The molecule has 1 atom stereocenters. The van der Waals surface area contributed by atoms with E-state index in [4.69, 9.17) is 13.8 Å². The highest BCUT2D eigenvalue weighted by atomic mass is 16.5. The third kappa shape index (κ3) is 4.07. The fraction of sp³-hybridized carbons (Fsp3) is 0.182. The molecular formula is C22H20N4O4. The Morgan fingerprint density at radius 1 is 1.03 bits per heavy atom. The predicted octanol–water partition coefficient (Wildman–Crippen LogP) is 4.20. The minimum atomic E-state index is -0.502. The number of carbonyl (C=O) groups is 1. The second-order valence-corrected chi connectivity index (χ2v) is 6.83. The SMILES string of the molecule is COc1ccc(-c2cc(C(=O)N[C@H](C)c3nc(-c4cccc(C)c4)no3)on2)cc1. The number of hydrogen-bond donors (Lipinski definition) is 1. The molecular weight excluding hydrogens is 384 g/mol. The van der Waals surface area contributed by atoms with Gasteiger partial charge in [-0.2, -0.15) is 4.98 Å². The van der Waals surface area contributed by atoms with Crippen LogP contribution in [0.4, 0.5) is 0 Å². The van der Waals surface area contributed by atoms with Gasteiger partial charge in [0.05, 0.1) is 7.11 Å². The van der Waals surface area contributed by atoms with Gasteiger partial charge in [-0.1, -0.05) is 34.1 Å². The Bertz CT molecular complexity index is 1160. The third-order valence-electron chi connectivity index (χ3n) is 4.56. The lowest BCUT2D eigenvalue weighted by atomic mass is 10.1. The average molecular weight is 404 g/mol. The molecule has 0 fully saturated rings. The number of nitrogens with one attached hydrogen (secondary N) is 1. The lowest BCUT2D eigenvalue weighted by Crippen LogP contribution is -2.26. The summed E-state index contributed by atoms with van der Waals surface area (Å²) in [5.41, 5.74) is 3.31. The standard InChI is InChI=1S/C22H20N4O4/c1-13-5-4-6-16(11-13)20-24-22(30-26-20)14(2)23-21(27)19-12-18(25-29-19)15-7-9-17(28-3)10-8-15/h4-12,14H,1-3H3,(H,23,27)/t14-/m1/s1. The molecule has 0 aliphatic heterocycles. The first-order chi connectivity index (χ1) is 14.5. The number of rotatable bonds is 6. The van der Waals surface area contributed by atoms with Crippen LogP contribution in [-0.4, -0.2) is 28.3 Å². The normalized spacial score (nSPS) is 11.8. The van der Waals surface area contributed by atoms with E-state index in [-0.39, 0.29) is 5.76 Å². The van der Waals surface area contributed by atoms with Crippen molar-refractivity contribution >= 4 is 5.91 Å². The van der Waals surface area contributed by atoms with Gasteiger partial charge in [0, 0.05) is 17.2 Å². The molecule has 0 unspecified atom stereocenters. The quantitative estimate of drug-likeness (QED) is 0.514. The maximum atomic E-state index is 12.5. The summed E-state index contributed by atoms with van der Waals surface area (Å²) in [5, 5.41) is 10.8.